The molecule has 1 aliphatic heterocycles. The van der Waals surface area contributed by atoms with Crippen LogP contribution in [0, 0.1) is 20.8 Å². The Hall–Kier alpha value is -2.17. The summed E-state index contributed by atoms with van der Waals surface area (Å²) in [4.78, 5) is 17.5. The van der Waals surface area contributed by atoms with Gasteiger partial charge in [-0.25, -0.2) is 0 Å². The Morgan fingerprint density at radius 3 is 2.26 bits per heavy atom. The molecule has 1 saturated heterocycles. The molecule has 0 radical (unpaired) electrons. The molecule has 27 heavy (non-hydrogen) atoms. The highest BCUT2D eigenvalue weighted by Crippen LogP contribution is 2.22. The first-order valence-electron chi connectivity index (χ1n) is 9.78. The highest BCUT2D eigenvalue weighted by molar-refractivity contribution is 5.94. The van der Waals surface area contributed by atoms with Gasteiger partial charge in [0.1, 0.15) is 0 Å². The van der Waals surface area contributed by atoms with Crippen molar-refractivity contribution in [2.24, 2.45) is 0 Å². The van der Waals surface area contributed by atoms with E-state index >= 15 is 0 Å². The molecular formula is C23H31N3O. The van der Waals surface area contributed by atoms with Crippen LogP contribution in [0.4, 0.5) is 0 Å². The maximum atomic E-state index is 12.7. The molecular weight excluding hydrogens is 334 g/mol. The summed E-state index contributed by atoms with van der Waals surface area (Å²) in [6, 6.07) is 14.8. The lowest BCUT2D eigenvalue weighted by Crippen LogP contribution is -2.48. The predicted molar refractivity (Wildman–Crippen MR) is 111 cm³/mol. The number of carbonyl (C=O) groups excluding carboxylic acids is 1. The third-order valence-corrected chi connectivity index (χ3v) is 5.67. The molecule has 0 saturated carbocycles. The maximum Gasteiger partial charge on any atom is 0.251 e. The van der Waals surface area contributed by atoms with Gasteiger partial charge in [-0.3, -0.25) is 9.69 Å². The molecule has 1 heterocycles. The van der Waals surface area contributed by atoms with Gasteiger partial charge in [-0.15, -0.1) is 0 Å². The number of hydrogen-bond acceptors (Lipinski definition) is 3. The van der Waals surface area contributed by atoms with Crippen molar-refractivity contribution in [3.8, 4) is 0 Å². The SMILES string of the molecule is Cc1ccc(C(CNC(=O)c2ccc(C)c(C)c2)N2CCN(C)CC2)cc1. The normalized spacial score (nSPS) is 16.9. The number of amides is 1. The number of hydrogen-bond donors (Lipinski definition) is 1. The van der Waals surface area contributed by atoms with E-state index in [0.29, 0.717) is 6.54 Å². The third kappa shape index (κ3) is 4.96. The van der Waals surface area contributed by atoms with Crippen LogP contribution in [0.3, 0.4) is 0 Å². The van der Waals surface area contributed by atoms with E-state index in [1.54, 1.807) is 0 Å². The van der Waals surface area contributed by atoms with Gasteiger partial charge in [0.25, 0.3) is 5.91 Å². The summed E-state index contributed by atoms with van der Waals surface area (Å²) in [7, 11) is 2.17. The molecule has 1 fully saturated rings. The van der Waals surface area contributed by atoms with E-state index < -0.39 is 0 Å². The summed E-state index contributed by atoms with van der Waals surface area (Å²) >= 11 is 0. The Morgan fingerprint density at radius 1 is 0.963 bits per heavy atom. The standard InChI is InChI=1S/C23H31N3O/c1-17-5-8-20(9-6-17)22(26-13-11-25(4)12-14-26)16-24-23(27)21-10-7-18(2)19(3)15-21/h5-10,15,22H,11-14,16H2,1-4H3,(H,24,27). The van der Waals surface area contributed by atoms with Crippen LogP contribution >= 0.6 is 0 Å². The fourth-order valence-electron chi connectivity index (χ4n) is 3.55. The maximum absolute atomic E-state index is 12.7. The summed E-state index contributed by atoms with van der Waals surface area (Å²) in [5.41, 5.74) is 5.62. The number of rotatable bonds is 5. The zero-order chi connectivity index (χ0) is 19.4. The van der Waals surface area contributed by atoms with Crippen LogP contribution in [-0.4, -0.2) is 55.5 Å². The van der Waals surface area contributed by atoms with Crippen LogP contribution in [0.15, 0.2) is 42.5 Å². The van der Waals surface area contributed by atoms with E-state index in [4.69, 9.17) is 0 Å². The number of aryl methyl sites for hydroxylation is 3. The van der Waals surface area contributed by atoms with E-state index in [9.17, 15) is 4.79 Å². The van der Waals surface area contributed by atoms with E-state index in [-0.39, 0.29) is 11.9 Å². The molecule has 0 aliphatic carbocycles. The molecule has 0 aromatic heterocycles. The molecule has 1 amide bonds. The lowest BCUT2D eigenvalue weighted by Gasteiger charge is -2.38. The first kappa shape index (κ1) is 19.6. The number of nitrogens with zero attached hydrogens (tertiary/aromatic N) is 2. The first-order chi connectivity index (χ1) is 12.9. The monoisotopic (exact) mass is 365 g/mol. The second kappa shape index (κ2) is 8.68. The van der Waals surface area contributed by atoms with Gasteiger partial charge >= 0.3 is 0 Å². The van der Waals surface area contributed by atoms with E-state index in [0.717, 1.165) is 37.3 Å². The minimum absolute atomic E-state index is 0.00402. The Kier molecular flexibility index (Phi) is 6.30. The van der Waals surface area contributed by atoms with Crippen molar-refractivity contribution in [3.63, 3.8) is 0 Å². The van der Waals surface area contributed by atoms with Gasteiger partial charge in [-0.1, -0.05) is 35.9 Å². The molecule has 0 spiro atoms. The molecule has 4 heteroatoms. The van der Waals surface area contributed by atoms with Gasteiger partial charge in [0, 0.05) is 38.3 Å². The molecule has 1 aliphatic rings. The van der Waals surface area contributed by atoms with E-state index in [1.165, 1.54) is 16.7 Å². The van der Waals surface area contributed by atoms with Crippen molar-refractivity contribution >= 4 is 5.91 Å². The summed E-state index contributed by atoms with van der Waals surface area (Å²) < 4.78 is 0. The topological polar surface area (TPSA) is 35.6 Å². The number of likely N-dealkylation sites (N-methyl/N-ethyl adjacent to an activating group) is 1. The van der Waals surface area contributed by atoms with Crippen molar-refractivity contribution in [2.45, 2.75) is 26.8 Å². The van der Waals surface area contributed by atoms with Crippen LogP contribution in [-0.2, 0) is 0 Å². The Morgan fingerprint density at radius 2 is 1.63 bits per heavy atom. The van der Waals surface area contributed by atoms with Crippen molar-refractivity contribution < 1.29 is 4.79 Å². The lowest BCUT2D eigenvalue weighted by molar-refractivity contribution is 0.0886. The van der Waals surface area contributed by atoms with Crippen molar-refractivity contribution in [1.82, 2.24) is 15.1 Å². The number of benzene rings is 2. The van der Waals surface area contributed by atoms with Gasteiger partial charge in [-0.2, -0.15) is 0 Å². The third-order valence-electron chi connectivity index (χ3n) is 5.67. The number of carbonyl (C=O) groups is 1. The van der Waals surface area contributed by atoms with E-state index in [1.807, 2.05) is 25.1 Å². The number of piperazine rings is 1. The largest absolute Gasteiger partial charge is 0.350 e. The smallest absolute Gasteiger partial charge is 0.251 e. The van der Waals surface area contributed by atoms with Gasteiger partial charge < -0.3 is 10.2 Å². The highest BCUT2D eigenvalue weighted by Gasteiger charge is 2.24. The fourth-order valence-corrected chi connectivity index (χ4v) is 3.55. The molecule has 3 rings (SSSR count). The predicted octanol–water partition coefficient (Wildman–Crippen LogP) is 3.33. The molecule has 2 aromatic carbocycles. The zero-order valence-corrected chi connectivity index (χ0v) is 17.0. The Balaban J connectivity index is 1.73. The van der Waals surface area contributed by atoms with E-state index in [2.05, 4.69) is 60.3 Å². The van der Waals surface area contributed by atoms with Crippen LogP contribution in [0.2, 0.25) is 0 Å². The molecule has 1 N–H and O–H groups in total. The van der Waals surface area contributed by atoms with Gasteiger partial charge in [-0.05, 0) is 56.6 Å². The van der Waals surface area contributed by atoms with Crippen molar-refractivity contribution in [1.29, 1.82) is 0 Å². The first-order valence-corrected chi connectivity index (χ1v) is 9.78. The quantitative estimate of drug-likeness (QED) is 0.883. The van der Waals surface area contributed by atoms with Crippen LogP contribution in [0.25, 0.3) is 0 Å². The fraction of sp³-hybridized carbons (Fsp3) is 0.435. The second-order valence-electron chi connectivity index (χ2n) is 7.77. The summed E-state index contributed by atoms with van der Waals surface area (Å²) in [5.74, 6) is 0.00402. The molecule has 1 atom stereocenters. The van der Waals surface area contributed by atoms with Crippen molar-refractivity contribution in [3.05, 3.63) is 70.3 Å². The Labute approximate surface area is 163 Å². The van der Waals surface area contributed by atoms with Crippen LogP contribution in [0.1, 0.15) is 38.7 Å². The molecule has 144 valence electrons. The van der Waals surface area contributed by atoms with Crippen LogP contribution < -0.4 is 5.32 Å². The molecule has 2 aromatic rings. The minimum Gasteiger partial charge on any atom is -0.350 e. The lowest BCUT2D eigenvalue weighted by atomic mass is 10.0. The van der Waals surface area contributed by atoms with Crippen molar-refractivity contribution in [2.75, 3.05) is 39.8 Å². The van der Waals surface area contributed by atoms with Gasteiger partial charge in [0.05, 0.1) is 6.04 Å². The molecule has 0 bridgehead atoms. The molecule has 4 nitrogen and oxygen atoms in total. The van der Waals surface area contributed by atoms with Gasteiger partial charge in [0.15, 0.2) is 0 Å². The van der Waals surface area contributed by atoms with Crippen LogP contribution in [0.5, 0.6) is 0 Å². The summed E-state index contributed by atoms with van der Waals surface area (Å²) in [6.07, 6.45) is 0. The Bertz CT molecular complexity index is 777. The minimum atomic E-state index is 0.00402. The molecule has 1 unspecified atom stereocenters. The average Bonchev–Trinajstić information content (AvgIpc) is 2.66. The zero-order valence-electron chi connectivity index (χ0n) is 17.0. The summed E-state index contributed by atoms with van der Waals surface area (Å²) in [5, 5.41) is 3.17. The average molecular weight is 366 g/mol. The number of nitrogens with one attached hydrogen (secondary N) is 1. The summed E-state index contributed by atoms with van der Waals surface area (Å²) in [6.45, 7) is 11.0. The van der Waals surface area contributed by atoms with Gasteiger partial charge in [0.2, 0.25) is 0 Å². The highest BCUT2D eigenvalue weighted by atomic mass is 16.1. The second-order valence-corrected chi connectivity index (χ2v) is 7.77.